The van der Waals surface area contributed by atoms with E-state index in [9.17, 15) is 15.0 Å². The second-order valence-corrected chi connectivity index (χ2v) is 8.76. The predicted octanol–water partition coefficient (Wildman–Crippen LogP) is 2.63. The van der Waals surface area contributed by atoms with E-state index in [0.717, 1.165) is 24.8 Å². The summed E-state index contributed by atoms with van der Waals surface area (Å²) in [4.78, 5) is 11.8. The van der Waals surface area contributed by atoms with E-state index in [-0.39, 0.29) is 17.1 Å². The number of hydrogen-bond donors (Lipinski definition) is 2. The smallest absolute Gasteiger partial charge is 0.178 e. The summed E-state index contributed by atoms with van der Waals surface area (Å²) in [6.45, 7) is 4.23. The largest absolute Gasteiger partial charge is 0.393 e. The number of carbonyl (C=O) groups excluding carboxylic acids is 1. The molecule has 0 aromatic carbocycles. The van der Waals surface area contributed by atoms with Gasteiger partial charge in [-0.1, -0.05) is 31.4 Å². The van der Waals surface area contributed by atoms with E-state index in [1.54, 1.807) is 12.2 Å². The van der Waals surface area contributed by atoms with Crippen molar-refractivity contribution in [2.75, 3.05) is 0 Å². The van der Waals surface area contributed by atoms with Gasteiger partial charge in [0.25, 0.3) is 0 Å². The lowest BCUT2D eigenvalue weighted by atomic mass is 9.46. The Morgan fingerprint density at radius 2 is 2.08 bits per heavy atom. The Morgan fingerprint density at radius 3 is 2.79 bits per heavy atom. The van der Waals surface area contributed by atoms with Crippen LogP contribution in [0.25, 0.3) is 0 Å². The molecule has 0 aromatic heterocycles. The molecule has 3 fully saturated rings. The minimum atomic E-state index is -1.11. The Hall–Kier alpha value is -1.37. The van der Waals surface area contributed by atoms with Crippen molar-refractivity contribution in [3.63, 3.8) is 0 Å². The molecule has 0 heterocycles. The summed E-state index contributed by atoms with van der Waals surface area (Å²) in [6.07, 6.45) is 14.5. The number of terminal acetylenes is 1. The van der Waals surface area contributed by atoms with Crippen molar-refractivity contribution in [1.82, 2.24) is 0 Å². The summed E-state index contributed by atoms with van der Waals surface area (Å²) in [5.41, 5.74) is -0.634. The molecule has 0 spiro atoms. The number of aliphatic hydroxyl groups is 2. The van der Waals surface area contributed by atoms with Crippen LogP contribution >= 0.6 is 0 Å². The van der Waals surface area contributed by atoms with Crippen LogP contribution in [0.2, 0.25) is 0 Å². The first-order valence-corrected chi connectivity index (χ1v) is 9.08. The van der Waals surface area contributed by atoms with Gasteiger partial charge in [-0.25, -0.2) is 0 Å². The van der Waals surface area contributed by atoms with Gasteiger partial charge < -0.3 is 10.2 Å². The molecule has 0 aromatic rings. The van der Waals surface area contributed by atoms with Gasteiger partial charge in [-0.2, -0.15) is 0 Å². The summed E-state index contributed by atoms with van der Waals surface area (Å²) in [5.74, 6) is 3.46. The van der Waals surface area contributed by atoms with Crippen LogP contribution < -0.4 is 0 Å². The highest BCUT2D eigenvalue weighted by atomic mass is 16.3. The van der Waals surface area contributed by atoms with E-state index in [1.165, 1.54) is 0 Å². The number of allylic oxidation sites excluding steroid dienone is 4. The van der Waals surface area contributed by atoms with Crippen LogP contribution in [0.15, 0.2) is 23.8 Å². The fourth-order valence-corrected chi connectivity index (χ4v) is 6.57. The molecule has 0 bridgehead atoms. The molecule has 7 atom stereocenters. The van der Waals surface area contributed by atoms with Gasteiger partial charge in [-0.15, -0.1) is 6.42 Å². The molecule has 4 rings (SSSR count). The molecule has 3 nitrogen and oxygen atoms in total. The van der Waals surface area contributed by atoms with Crippen molar-refractivity contribution >= 4 is 5.78 Å². The summed E-state index contributed by atoms with van der Waals surface area (Å²) < 4.78 is 0. The first-order valence-electron chi connectivity index (χ1n) is 9.08. The number of fused-ring (bicyclic) bond motifs is 5. The molecule has 4 aliphatic rings. The molecule has 0 radical (unpaired) electrons. The molecule has 0 amide bonds. The molecule has 4 aliphatic carbocycles. The Balaban J connectivity index is 1.77. The molecule has 128 valence electrons. The first-order chi connectivity index (χ1) is 11.2. The second kappa shape index (κ2) is 4.84. The molecule has 24 heavy (non-hydrogen) atoms. The number of hydrogen-bond acceptors (Lipinski definition) is 3. The van der Waals surface area contributed by atoms with Gasteiger partial charge in [0.15, 0.2) is 5.78 Å². The van der Waals surface area contributed by atoms with Gasteiger partial charge in [0.2, 0.25) is 0 Å². The van der Waals surface area contributed by atoms with E-state index < -0.39 is 17.1 Å². The molecule has 0 unspecified atom stereocenters. The maximum Gasteiger partial charge on any atom is 0.178 e. The Bertz CT molecular complexity index is 698. The molecular formula is C21H26O3. The van der Waals surface area contributed by atoms with Gasteiger partial charge in [0.05, 0.1) is 6.10 Å². The maximum absolute atomic E-state index is 11.8. The van der Waals surface area contributed by atoms with E-state index in [4.69, 9.17) is 6.42 Å². The zero-order chi connectivity index (χ0) is 17.3. The highest BCUT2D eigenvalue weighted by molar-refractivity contribution is 6.01. The normalized spacial score (nSPS) is 52.8. The Kier molecular flexibility index (Phi) is 3.25. The lowest BCUT2D eigenvalue weighted by molar-refractivity contribution is -0.146. The van der Waals surface area contributed by atoms with Crippen LogP contribution in [-0.4, -0.2) is 27.7 Å². The number of rotatable bonds is 0. The third-order valence-corrected chi connectivity index (χ3v) is 7.89. The van der Waals surface area contributed by atoms with Crippen molar-refractivity contribution in [3.05, 3.63) is 23.8 Å². The standard InChI is InChI=1S/C21H26O3/c1-4-21(24)10-8-16-15-6-5-13-11-14(22)7-9-19(13,2)18(15)17(23)12-20(16,21)3/h1,7,9,11,15-18,23-24H,5-6,8,10,12H2,2-3H3/t15-,16-,17+,18+,19-,20-,21-/m0/s1. The summed E-state index contributed by atoms with van der Waals surface area (Å²) in [5, 5.41) is 22.1. The molecule has 0 saturated heterocycles. The van der Waals surface area contributed by atoms with Crippen molar-refractivity contribution < 1.29 is 15.0 Å². The van der Waals surface area contributed by atoms with Crippen molar-refractivity contribution in [1.29, 1.82) is 0 Å². The predicted molar refractivity (Wildman–Crippen MR) is 91.8 cm³/mol. The number of aliphatic hydroxyl groups excluding tert-OH is 1. The summed E-state index contributed by atoms with van der Waals surface area (Å²) in [6, 6.07) is 0. The second-order valence-electron chi connectivity index (χ2n) is 8.76. The van der Waals surface area contributed by atoms with Crippen LogP contribution in [0, 0.1) is 40.9 Å². The number of carbonyl (C=O) groups is 1. The zero-order valence-electron chi connectivity index (χ0n) is 14.5. The van der Waals surface area contributed by atoms with Crippen LogP contribution in [0.5, 0.6) is 0 Å². The first kappa shape index (κ1) is 16.1. The minimum Gasteiger partial charge on any atom is -0.393 e. The highest BCUT2D eigenvalue weighted by Crippen LogP contribution is 2.66. The third-order valence-electron chi connectivity index (χ3n) is 7.89. The van der Waals surface area contributed by atoms with Gasteiger partial charge in [-0.3, -0.25) is 4.79 Å². The zero-order valence-corrected chi connectivity index (χ0v) is 14.5. The monoisotopic (exact) mass is 326 g/mol. The lowest BCUT2D eigenvalue weighted by Gasteiger charge is -2.59. The van der Waals surface area contributed by atoms with Gasteiger partial charge in [0, 0.05) is 16.7 Å². The Labute approximate surface area is 143 Å². The maximum atomic E-state index is 11.8. The summed E-state index contributed by atoms with van der Waals surface area (Å²) >= 11 is 0. The average Bonchev–Trinajstić information content (AvgIpc) is 2.79. The summed E-state index contributed by atoms with van der Waals surface area (Å²) in [7, 11) is 0. The van der Waals surface area contributed by atoms with Crippen molar-refractivity contribution in [2.45, 2.75) is 57.7 Å². The Morgan fingerprint density at radius 1 is 1.33 bits per heavy atom. The van der Waals surface area contributed by atoms with Crippen LogP contribution in [0.1, 0.15) is 46.0 Å². The van der Waals surface area contributed by atoms with Crippen LogP contribution in [0.4, 0.5) is 0 Å². The average molecular weight is 326 g/mol. The van der Waals surface area contributed by atoms with E-state index in [0.29, 0.717) is 24.7 Å². The fraction of sp³-hybridized carbons (Fsp3) is 0.667. The van der Waals surface area contributed by atoms with E-state index >= 15 is 0 Å². The van der Waals surface area contributed by atoms with Crippen molar-refractivity contribution in [3.8, 4) is 12.3 Å². The topological polar surface area (TPSA) is 57.5 Å². The van der Waals surface area contributed by atoms with Gasteiger partial charge in [0.1, 0.15) is 5.60 Å². The van der Waals surface area contributed by atoms with Gasteiger partial charge >= 0.3 is 0 Å². The fourth-order valence-electron chi connectivity index (χ4n) is 6.57. The highest BCUT2D eigenvalue weighted by Gasteiger charge is 2.65. The van der Waals surface area contributed by atoms with E-state index in [1.807, 2.05) is 6.08 Å². The quantitative estimate of drug-likeness (QED) is 0.673. The van der Waals surface area contributed by atoms with Crippen LogP contribution in [-0.2, 0) is 4.79 Å². The number of ketones is 1. The molecule has 0 aliphatic heterocycles. The van der Waals surface area contributed by atoms with Gasteiger partial charge in [-0.05, 0) is 56.1 Å². The minimum absolute atomic E-state index is 0.0543. The SMILES string of the molecule is C#C[C@]1(O)CC[C@H]2[C@@H]3CCC4=CC(=O)C=C[C@]4(C)[C@H]3[C@H](O)C[C@@]21C. The molecule has 2 N–H and O–H groups in total. The molecular weight excluding hydrogens is 300 g/mol. The van der Waals surface area contributed by atoms with Crippen LogP contribution in [0.3, 0.4) is 0 Å². The molecule has 3 saturated carbocycles. The third kappa shape index (κ3) is 1.79. The van der Waals surface area contributed by atoms with E-state index in [2.05, 4.69) is 19.8 Å². The lowest BCUT2D eigenvalue weighted by Crippen LogP contribution is -2.59. The molecule has 3 heteroatoms. The van der Waals surface area contributed by atoms with Crippen molar-refractivity contribution in [2.24, 2.45) is 28.6 Å².